The summed E-state index contributed by atoms with van der Waals surface area (Å²) in [5.41, 5.74) is 0.575. The van der Waals surface area contributed by atoms with Crippen molar-refractivity contribution in [2.24, 2.45) is 0 Å². The van der Waals surface area contributed by atoms with Gasteiger partial charge in [-0.25, -0.2) is 8.42 Å². The van der Waals surface area contributed by atoms with E-state index in [4.69, 9.17) is 0 Å². The van der Waals surface area contributed by atoms with Gasteiger partial charge < -0.3 is 10.0 Å². The normalized spacial score (nSPS) is 32.6. The van der Waals surface area contributed by atoms with Crippen LogP contribution < -0.4 is 4.90 Å². The first-order valence-corrected chi connectivity index (χ1v) is 8.40. The maximum Gasteiger partial charge on any atom is 0.245 e. The number of piperidine rings is 1. The molecule has 1 aromatic rings. The summed E-state index contributed by atoms with van der Waals surface area (Å²) in [6.45, 7) is 0.213. The quantitative estimate of drug-likeness (QED) is 0.865. The van der Waals surface area contributed by atoms with Gasteiger partial charge >= 0.3 is 0 Å². The highest BCUT2D eigenvalue weighted by atomic mass is 32.2. The lowest BCUT2D eigenvalue weighted by atomic mass is 10.0. The number of carbonyl (C=O) groups excluding carboxylic acids is 1. The van der Waals surface area contributed by atoms with Crippen molar-refractivity contribution in [3.8, 4) is 0 Å². The molecule has 3 aliphatic heterocycles. The van der Waals surface area contributed by atoms with E-state index in [0.717, 1.165) is 5.56 Å². The maximum absolute atomic E-state index is 12.3. The number of sulfone groups is 1. The zero-order valence-corrected chi connectivity index (χ0v) is 11.6. The second-order valence-corrected chi connectivity index (χ2v) is 8.35. The van der Waals surface area contributed by atoms with Gasteiger partial charge in [0.05, 0.1) is 10.9 Å². The topological polar surface area (TPSA) is 74.7 Å². The Balaban J connectivity index is 1.75. The van der Waals surface area contributed by atoms with E-state index in [9.17, 15) is 18.3 Å². The second kappa shape index (κ2) is 3.62. The number of benzene rings is 1. The average Bonchev–Trinajstić information content (AvgIpc) is 3.17. The van der Waals surface area contributed by atoms with Gasteiger partial charge in [-0.2, -0.15) is 0 Å². The van der Waals surface area contributed by atoms with Gasteiger partial charge in [-0.05, 0) is 25.3 Å². The molecule has 0 radical (unpaired) electrons. The number of aliphatic hydroxyl groups is 1. The fraction of sp³-hybridized carbons (Fsp3) is 0.500. The van der Waals surface area contributed by atoms with E-state index in [1.54, 1.807) is 11.0 Å². The van der Waals surface area contributed by atoms with Gasteiger partial charge in [-0.15, -0.1) is 0 Å². The molecule has 1 aliphatic carbocycles. The lowest BCUT2D eigenvalue weighted by Gasteiger charge is -2.45. The van der Waals surface area contributed by atoms with Crippen LogP contribution in [0, 0.1) is 0 Å². The van der Waals surface area contributed by atoms with Crippen molar-refractivity contribution < 1.29 is 18.3 Å². The fourth-order valence-electron chi connectivity index (χ4n) is 3.21. The third-order valence-electron chi connectivity index (χ3n) is 4.69. The molecule has 3 heterocycles. The number of para-hydroxylation sites is 1. The summed E-state index contributed by atoms with van der Waals surface area (Å²) in [5, 5.41) is 9.01. The van der Waals surface area contributed by atoms with Crippen molar-refractivity contribution in [2.45, 2.75) is 35.4 Å². The summed E-state index contributed by atoms with van der Waals surface area (Å²) >= 11 is 0. The van der Waals surface area contributed by atoms with E-state index in [0.29, 0.717) is 24.9 Å². The van der Waals surface area contributed by atoms with Crippen molar-refractivity contribution in [1.29, 1.82) is 0 Å². The first kappa shape index (κ1) is 12.3. The molecule has 1 aromatic carbocycles. The Bertz CT molecular complexity index is 708. The molecule has 1 saturated carbocycles. The maximum atomic E-state index is 12.3. The molecule has 0 spiro atoms. The van der Waals surface area contributed by atoms with Crippen LogP contribution in [-0.2, 0) is 20.2 Å². The highest BCUT2D eigenvalue weighted by Gasteiger charge is 2.58. The van der Waals surface area contributed by atoms with Crippen LogP contribution in [0.3, 0.4) is 0 Å². The summed E-state index contributed by atoms with van der Waals surface area (Å²) in [4.78, 5) is 13.9. The van der Waals surface area contributed by atoms with Crippen molar-refractivity contribution in [1.82, 2.24) is 0 Å². The Morgan fingerprint density at radius 2 is 1.95 bits per heavy atom. The van der Waals surface area contributed by atoms with Crippen molar-refractivity contribution in [3.05, 3.63) is 29.8 Å². The molecule has 4 aliphatic rings. The summed E-state index contributed by atoms with van der Waals surface area (Å²) in [6, 6.07) is 7.26. The van der Waals surface area contributed by atoms with E-state index in [-0.39, 0.29) is 12.5 Å². The molecule has 2 unspecified atom stereocenters. The molecule has 2 atom stereocenters. The largest absolute Gasteiger partial charge is 0.385 e. The molecule has 3 saturated heterocycles. The number of fused-ring (bicyclic) bond motifs is 2. The molecule has 6 heteroatoms. The lowest BCUT2D eigenvalue weighted by Crippen LogP contribution is -2.65. The molecule has 1 amide bonds. The first-order chi connectivity index (χ1) is 9.43. The number of hydrogen-bond acceptors (Lipinski definition) is 4. The van der Waals surface area contributed by atoms with Gasteiger partial charge in [0.2, 0.25) is 5.91 Å². The van der Waals surface area contributed by atoms with Crippen molar-refractivity contribution >= 4 is 21.4 Å². The van der Waals surface area contributed by atoms with Gasteiger partial charge in [0, 0.05) is 17.8 Å². The van der Waals surface area contributed by atoms with Crippen LogP contribution in [0.5, 0.6) is 0 Å². The van der Waals surface area contributed by atoms with E-state index in [1.165, 1.54) is 0 Å². The Labute approximate surface area is 117 Å². The molecular weight excluding hydrogens is 278 g/mol. The Kier molecular flexibility index (Phi) is 2.24. The minimum atomic E-state index is -3.24. The minimum Gasteiger partial charge on any atom is -0.385 e. The number of anilines is 1. The summed E-state index contributed by atoms with van der Waals surface area (Å²) in [7, 11) is -3.24. The first-order valence-electron chi connectivity index (χ1n) is 6.79. The number of hydrogen-bond donors (Lipinski definition) is 1. The SMILES string of the molecule is O=C1C2CC(CN1c1ccccc1C1(O)CC1)S2(=O)=O. The van der Waals surface area contributed by atoms with Crippen LogP contribution in [0.4, 0.5) is 5.69 Å². The molecular formula is C14H15NO4S. The highest BCUT2D eigenvalue weighted by Crippen LogP contribution is 2.50. The number of nitrogens with zero attached hydrogens (tertiary/aromatic N) is 1. The average molecular weight is 293 g/mol. The van der Waals surface area contributed by atoms with Crippen LogP contribution in [0.1, 0.15) is 24.8 Å². The Hall–Kier alpha value is -1.40. The fourth-order valence-corrected chi connectivity index (χ4v) is 5.04. The van der Waals surface area contributed by atoms with Gasteiger partial charge in [0.1, 0.15) is 5.25 Å². The molecule has 20 heavy (non-hydrogen) atoms. The lowest BCUT2D eigenvalue weighted by molar-refractivity contribution is -0.119. The Morgan fingerprint density at radius 3 is 2.55 bits per heavy atom. The van der Waals surface area contributed by atoms with Crippen LogP contribution in [0.15, 0.2) is 24.3 Å². The summed E-state index contributed by atoms with van der Waals surface area (Å²) < 4.78 is 23.6. The molecule has 2 bridgehead atoms. The smallest absolute Gasteiger partial charge is 0.245 e. The van der Waals surface area contributed by atoms with E-state index >= 15 is 0 Å². The van der Waals surface area contributed by atoms with E-state index < -0.39 is 25.9 Å². The van der Waals surface area contributed by atoms with Crippen molar-refractivity contribution in [3.63, 3.8) is 0 Å². The Morgan fingerprint density at radius 1 is 1.25 bits per heavy atom. The van der Waals surface area contributed by atoms with Gasteiger partial charge in [-0.1, -0.05) is 18.2 Å². The molecule has 1 N–H and O–H groups in total. The van der Waals surface area contributed by atoms with Gasteiger partial charge in [0.25, 0.3) is 0 Å². The third-order valence-corrected chi connectivity index (χ3v) is 7.14. The molecule has 5 rings (SSSR count). The van der Waals surface area contributed by atoms with Crippen LogP contribution in [-0.4, -0.2) is 36.5 Å². The van der Waals surface area contributed by atoms with E-state index in [1.807, 2.05) is 18.2 Å². The third kappa shape index (κ3) is 1.46. The predicted molar refractivity (Wildman–Crippen MR) is 73.0 cm³/mol. The molecule has 0 aromatic heterocycles. The molecule has 106 valence electrons. The second-order valence-electron chi connectivity index (χ2n) is 5.93. The number of rotatable bonds is 2. The minimum absolute atomic E-state index is 0.213. The molecule has 5 nitrogen and oxygen atoms in total. The summed E-state index contributed by atoms with van der Waals surface area (Å²) in [5.74, 6) is -0.343. The van der Waals surface area contributed by atoms with Gasteiger partial charge in [0.15, 0.2) is 9.84 Å². The molecule has 4 fully saturated rings. The monoisotopic (exact) mass is 293 g/mol. The standard InChI is InChI=1S/C14H15NO4S/c16-13-12-7-9(20(12,18)19)8-15(13)11-4-2-1-3-10(11)14(17)5-6-14/h1-4,9,12,17H,5-8H2. The summed E-state index contributed by atoms with van der Waals surface area (Å²) in [6.07, 6.45) is 1.83. The van der Waals surface area contributed by atoms with Gasteiger partial charge in [-0.3, -0.25) is 4.79 Å². The van der Waals surface area contributed by atoms with Crippen LogP contribution in [0.25, 0.3) is 0 Å². The zero-order chi connectivity index (χ0) is 14.1. The van der Waals surface area contributed by atoms with Crippen LogP contribution >= 0.6 is 0 Å². The highest BCUT2D eigenvalue weighted by molar-refractivity contribution is 7.95. The number of carbonyl (C=O) groups is 1. The number of amides is 1. The zero-order valence-electron chi connectivity index (χ0n) is 10.8. The van der Waals surface area contributed by atoms with Crippen molar-refractivity contribution in [2.75, 3.05) is 11.4 Å². The van der Waals surface area contributed by atoms with E-state index in [2.05, 4.69) is 0 Å². The van der Waals surface area contributed by atoms with Crippen LogP contribution in [0.2, 0.25) is 0 Å². The predicted octanol–water partition coefficient (Wildman–Crippen LogP) is 0.570.